The zero-order valence-electron chi connectivity index (χ0n) is 13.5. The van der Waals surface area contributed by atoms with Gasteiger partial charge in [0.1, 0.15) is 0 Å². The summed E-state index contributed by atoms with van der Waals surface area (Å²) in [6.07, 6.45) is 18.8. The van der Waals surface area contributed by atoms with Crippen LogP contribution in [0.5, 0.6) is 0 Å². The Morgan fingerprint density at radius 3 is 1.90 bits per heavy atom. The van der Waals surface area contributed by atoms with Gasteiger partial charge in [0.05, 0.1) is 0 Å². The molecular formula is C20H34. The summed E-state index contributed by atoms with van der Waals surface area (Å²) in [6, 6.07) is 0. The van der Waals surface area contributed by atoms with Crippen molar-refractivity contribution in [1.82, 2.24) is 0 Å². The maximum Gasteiger partial charge on any atom is -0.0321 e. The molecule has 0 saturated heterocycles. The van der Waals surface area contributed by atoms with E-state index in [4.69, 9.17) is 0 Å². The van der Waals surface area contributed by atoms with E-state index in [2.05, 4.69) is 6.92 Å². The lowest BCUT2D eigenvalue weighted by Gasteiger charge is -2.44. The van der Waals surface area contributed by atoms with E-state index < -0.39 is 0 Å². The highest BCUT2D eigenvalue weighted by Crippen LogP contribution is 2.60. The van der Waals surface area contributed by atoms with E-state index in [-0.39, 0.29) is 0 Å². The van der Waals surface area contributed by atoms with Crippen LogP contribution in [0.4, 0.5) is 0 Å². The molecule has 114 valence electrons. The van der Waals surface area contributed by atoms with Gasteiger partial charge < -0.3 is 0 Å². The number of hydrogen-bond donors (Lipinski definition) is 0. The summed E-state index contributed by atoms with van der Waals surface area (Å²) >= 11 is 0. The topological polar surface area (TPSA) is 0 Å². The predicted octanol–water partition coefficient (Wildman–Crippen LogP) is 6.06. The summed E-state index contributed by atoms with van der Waals surface area (Å²) in [5.41, 5.74) is 0. The van der Waals surface area contributed by atoms with Crippen molar-refractivity contribution < 1.29 is 0 Å². The lowest BCUT2D eigenvalue weighted by molar-refractivity contribution is 0.0556. The van der Waals surface area contributed by atoms with Gasteiger partial charge in [-0.3, -0.25) is 0 Å². The summed E-state index contributed by atoms with van der Waals surface area (Å²) in [5.74, 6) is 7.90. The molecular weight excluding hydrogens is 240 g/mol. The normalized spacial score (nSPS) is 49.6. The molecule has 20 heavy (non-hydrogen) atoms. The average Bonchev–Trinajstić information content (AvgIpc) is 2.82. The van der Waals surface area contributed by atoms with Crippen LogP contribution in [-0.2, 0) is 0 Å². The van der Waals surface area contributed by atoms with E-state index in [1.165, 1.54) is 6.42 Å². The number of fused-ring (bicyclic) bond motifs is 3. The largest absolute Gasteiger partial charge is 0.0620 e. The molecule has 6 unspecified atom stereocenters. The smallest absolute Gasteiger partial charge is 0.0321 e. The summed E-state index contributed by atoms with van der Waals surface area (Å²) in [5, 5.41) is 0. The quantitative estimate of drug-likeness (QED) is 0.545. The first-order valence-corrected chi connectivity index (χ1v) is 9.86. The van der Waals surface area contributed by atoms with E-state index in [1.807, 2.05) is 0 Å². The third kappa shape index (κ3) is 2.17. The fourth-order valence-electron chi connectivity index (χ4n) is 7.29. The van der Waals surface area contributed by atoms with Gasteiger partial charge in [0.15, 0.2) is 0 Å². The van der Waals surface area contributed by atoms with Crippen molar-refractivity contribution in [2.24, 2.45) is 41.4 Å². The molecule has 0 heterocycles. The highest BCUT2D eigenvalue weighted by Gasteiger charge is 2.53. The van der Waals surface area contributed by atoms with Gasteiger partial charge in [0.2, 0.25) is 0 Å². The standard InChI is InChI=1S/C20H34/c1-14-16-10-5-6-11-19(16)20-17(14)12-7-13-18(20)15-8-3-2-4-9-15/h14-20H,2-13H2,1H3. The molecule has 4 aliphatic rings. The van der Waals surface area contributed by atoms with Crippen molar-refractivity contribution in [1.29, 1.82) is 0 Å². The van der Waals surface area contributed by atoms with Gasteiger partial charge in [0, 0.05) is 0 Å². The second-order valence-electron chi connectivity index (χ2n) is 8.71. The van der Waals surface area contributed by atoms with Gasteiger partial charge in [-0.15, -0.1) is 0 Å². The predicted molar refractivity (Wildman–Crippen MR) is 85.5 cm³/mol. The Hall–Kier alpha value is 0. The number of hydrogen-bond acceptors (Lipinski definition) is 0. The second-order valence-corrected chi connectivity index (χ2v) is 8.71. The molecule has 6 atom stereocenters. The Morgan fingerprint density at radius 1 is 0.500 bits per heavy atom. The lowest BCUT2D eigenvalue weighted by atomic mass is 9.61. The molecule has 4 rings (SSSR count). The van der Waals surface area contributed by atoms with Gasteiger partial charge >= 0.3 is 0 Å². The Labute approximate surface area is 126 Å². The van der Waals surface area contributed by atoms with Crippen molar-refractivity contribution in [3.05, 3.63) is 0 Å². The zero-order chi connectivity index (χ0) is 13.5. The zero-order valence-corrected chi connectivity index (χ0v) is 13.5. The fourth-order valence-corrected chi connectivity index (χ4v) is 7.29. The first-order valence-electron chi connectivity index (χ1n) is 9.86. The minimum absolute atomic E-state index is 1.07. The average molecular weight is 274 g/mol. The molecule has 0 bridgehead atoms. The van der Waals surface area contributed by atoms with Crippen LogP contribution in [0.25, 0.3) is 0 Å². The monoisotopic (exact) mass is 274 g/mol. The minimum Gasteiger partial charge on any atom is -0.0620 e. The second kappa shape index (κ2) is 5.65. The van der Waals surface area contributed by atoms with Crippen LogP contribution in [0.1, 0.15) is 84.0 Å². The van der Waals surface area contributed by atoms with Crippen molar-refractivity contribution in [2.45, 2.75) is 84.0 Å². The maximum absolute atomic E-state index is 2.64. The number of rotatable bonds is 1. The first-order chi connectivity index (χ1) is 9.86. The maximum atomic E-state index is 2.64. The van der Waals surface area contributed by atoms with Crippen LogP contribution in [0.15, 0.2) is 0 Å². The van der Waals surface area contributed by atoms with E-state index >= 15 is 0 Å². The van der Waals surface area contributed by atoms with Crippen molar-refractivity contribution >= 4 is 0 Å². The van der Waals surface area contributed by atoms with Crippen LogP contribution >= 0.6 is 0 Å². The molecule has 0 aromatic heterocycles. The summed E-state index contributed by atoms with van der Waals surface area (Å²) in [4.78, 5) is 0. The van der Waals surface area contributed by atoms with Crippen LogP contribution in [-0.4, -0.2) is 0 Å². The van der Waals surface area contributed by atoms with Gasteiger partial charge in [-0.25, -0.2) is 0 Å². The van der Waals surface area contributed by atoms with Crippen molar-refractivity contribution in [2.75, 3.05) is 0 Å². The SMILES string of the molecule is CC1C2CCCCC2C2C(C3CCCCC3)CCCC12. The molecule has 0 amide bonds. The van der Waals surface area contributed by atoms with Crippen molar-refractivity contribution in [3.8, 4) is 0 Å². The molecule has 4 aliphatic carbocycles. The van der Waals surface area contributed by atoms with Gasteiger partial charge in [0.25, 0.3) is 0 Å². The summed E-state index contributed by atoms with van der Waals surface area (Å²) in [6.45, 7) is 2.64. The Balaban J connectivity index is 1.57. The molecule has 0 nitrogen and oxygen atoms in total. The van der Waals surface area contributed by atoms with Crippen LogP contribution in [0.2, 0.25) is 0 Å². The van der Waals surface area contributed by atoms with Crippen LogP contribution in [0, 0.1) is 41.4 Å². The summed E-state index contributed by atoms with van der Waals surface area (Å²) < 4.78 is 0. The van der Waals surface area contributed by atoms with E-state index in [1.54, 1.807) is 70.6 Å². The molecule has 0 aromatic rings. The third-order valence-electron chi connectivity index (χ3n) is 8.04. The van der Waals surface area contributed by atoms with E-state index in [0.29, 0.717) is 0 Å². The van der Waals surface area contributed by atoms with Gasteiger partial charge in [-0.1, -0.05) is 58.3 Å². The molecule has 0 aromatic carbocycles. The molecule has 4 saturated carbocycles. The highest BCUT2D eigenvalue weighted by molar-refractivity contribution is 5.02. The summed E-state index contributed by atoms with van der Waals surface area (Å²) in [7, 11) is 0. The highest BCUT2D eigenvalue weighted by atomic mass is 14.6. The van der Waals surface area contributed by atoms with Crippen LogP contribution < -0.4 is 0 Å². The van der Waals surface area contributed by atoms with Crippen LogP contribution in [0.3, 0.4) is 0 Å². The molecule has 0 radical (unpaired) electrons. The van der Waals surface area contributed by atoms with Gasteiger partial charge in [-0.05, 0) is 67.1 Å². The third-order valence-corrected chi connectivity index (χ3v) is 8.04. The Kier molecular flexibility index (Phi) is 3.86. The van der Waals surface area contributed by atoms with E-state index in [0.717, 1.165) is 41.4 Å². The molecule has 0 spiro atoms. The molecule has 0 heteroatoms. The Bertz CT molecular complexity index is 327. The van der Waals surface area contributed by atoms with E-state index in [9.17, 15) is 0 Å². The molecule has 4 fully saturated rings. The van der Waals surface area contributed by atoms with Gasteiger partial charge in [-0.2, -0.15) is 0 Å². The molecule has 0 N–H and O–H groups in total. The molecule has 0 aliphatic heterocycles. The Morgan fingerprint density at radius 2 is 1.10 bits per heavy atom. The lowest BCUT2D eigenvalue weighted by Crippen LogP contribution is -2.36. The fraction of sp³-hybridized carbons (Fsp3) is 1.00. The minimum atomic E-state index is 1.07. The van der Waals surface area contributed by atoms with Crippen molar-refractivity contribution in [3.63, 3.8) is 0 Å². The first kappa shape index (κ1) is 13.6.